The second-order valence-corrected chi connectivity index (χ2v) is 4.58. The van der Waals surface area contributed by atoms with E-state index in [2.05, 4.69) is 31.4 Å². The Hall–Kier alpha value is -1.41. The lowest BCUT2D eigenvalue weighted by Gasteiger charge is -2.08. The molecular weight excluding hydrogens is 327 g/mol. The minimum Gasteiger partial charge on any atom is -0.419 e. The Morgan fingerprint density at radius 3 is 2.68 bits per heavy atom. The van der Waals surface area contributed by atoms with Crippen molar-refractivity contribution in [3.63, 3.8) is 0 Å². The first-order valence-corrected chi connectivity index (χ1v) is 6.05. The van der Waals surface area contributed by atoms with Gasteiger partial charge in [-0.1, -0.05) is 0 Å². The summed E-state index contributed by atoms with van der Waals surface area (Å²) >= 11 is 3.17. The van der Waals surface area contributed by atoms with Gasteiger partial charge in [-0.25, -0.2) is 0 Å². The van der Waals surface area contributed by atoms with Crippen molar-refractivity contribution in [2.75, 3.05) is 7.05 Å². The molecule has 0 atom stereocenters. The van der Waals surface area contributed by atoms with Gasteiger partial charge < -0.3 is 9.73 Å². The monoisotopic (exact) mass is 335 g/mol. The average molecular weight is 336 g/mol. The molecule has 1 N–H and O–H groups in total. The van der Waals surface area contributed by atoms with Gasteiger partial charge >= 0.3 is 6.18 Å². The van der Waals surface area contributed by atoms with E-state index in [0.29, 0.717) is 16.9 Å². The molecule has 2 rings (SSSR count). The summed E-state index contributed by atoms with van der Waals surface area (Å²) in [7, 11) is 1.70. The van der Waals surface area contributed by atoms with Crippen LogP contribution in [0.1, 0.15) is 11.5 Å². The van der Waals surface area contributed by atoms with E-state index in [1.165, 1.54) is 6.07 Å². The standard InChI is InChI=1S/C11H9BrF3N3O/c1-16-5-9-17-18-10(19-9)7-4-6(11(13,14)15)2-3-8(7)12/h2-4,16H,5H2,1H3. The van der Waals surface area contributed by atoms with E-state index in [-0.39, 0.29) is 11.5 Å². The third-order valence-electron chi connectivity index (χ3n) is 2.32. The van der Waals surface area contributed by atoms with Gasteiger partial charge in [0.2, 0.25) is 11.8 Å². The summed E-state index contributed by atoms with van der Waals surface area (Å²) in [6, 6.07) is 3.26. The van der Waals surface area contributed by atoms with Crippen LogP contribution in [0.25, 0.3) is 11.5 Å². The van der Waals surface area contributed by atoms with Crippen LogP contribution in [-0.2, 0) is 12.7 Å². The van der Waals surface area contributed by atoms with E-state index in [4.69, 9.17) is 4.42 Å². The Labute approximate surface area is 115 Å². The molecule has 0 amide bonds. The van der Waals surface area contributed by atoms with Crippen LogP contribution in [-0.4, -0.2) is 17.2 Å². The Morgan fingerprint density at radius 1 is 1.32 bits per heavy atom. The number of hydrogen-bond donors (Lipinski definition) is 1. The molecule has 1 heterocycles. The molecule has 2 aromatic rings. The fourth-order valence-electron chi connectivity index (χ4n) is 1.45. The van der Waals surface area contributed by atoms with Crippen LogP contribution < -0.4 is 5.32 Å². The van der Waals surface area contributed by atoms with E-state index in [1.54, 1.807) is 7.05 Å². The van der Waals surface area contributed by atoms with Gasteiger partial charge in [0.1, 0.15) is 0 Å². The van der Waals surface area contributed by atoms with Gasteiger partial charge in [-0.2, -0.15) is 13.2 Å². The molecule has 0 fully saturated rings. The molecule has 0 bridgehead atoms. The van der Waals surface area contributed by atoms with E-state index in [9.17, 15) is 13.2 Å². The van der Waals surface area contributed by atoms with Crippen LogP contribution in [0.2, 0.25) is 0 Å². The molecule has 19 heavy (non-hydrogen) atoms. The van der Waals surface area contributed by atoms with E-state index < -0.39 is 11.7 Å². The highest BCUT2D eigenvalue weighted by Crippen LogP contribution is 2.35. The van der Waals surface area contributed by atoms with Gasteiger partial charge in [0.05, 0.1) is 17.7 Å². The number of nitrogens with zero attached hydrogens (tertiary/aromatic N) is 2. The maximum atomic E-state index is 12.6. The fraction of sp³-hybridized carbons (Fsp3) is 0.273. The topological polar surface area (TPSA) is 51.0 Å². The third kappa shape index (κ3) is 3.13. The van der Waals surface area contributed by atoms with E-state index in [0.717, 1.165) is 12.1 Å². The fourth-order valence-corrected chi connectivity index (χ4v) is 1.87. The largest absolute Gasteiger partial charge is 0.419 e. The van der Waals surface area contributed by atoms with Crippen LogP contribution in [0.15, 0.2) is 27.1 Å². The summed E-state index contributed by atoms with van der Waals surface area (Å²) < 4.78 is 43.7. The SMILES string of the molecule is CNCc1nnc(-c2cc(C(F)(F)F)ccc2Br)o1. The summed E-state index contributed by atoms with van der Waals surface area (Å²) in [6.45, 7) is 0.351. The number of nitrogens with one attached hydrogen (secondary N) is 1. The lowest BCUT2D eigenvalue weighted by atomic mass is 10.1. The highest BCUT2D eigenvalue weighted by molar-refractivity contribution is 9.10. The predicted molar refractivity (Wildman–Crippen MR) is 65.2 cm³/mol. The van der Waals surface area contributed by atoms with Gasteiger partial charge in [-0.05, 0) is 41.2 Å². The molecule has 0 saturated heterocycles. The first kappa shape index (κ1) is 14.0. The number of rotatable bonds is 3. The molecule has 0 aliphatic heterocycles. The van der Waals surface area contributed by atoms with Crippen LogP contribution in [0, 0.1) is 0 Å². The zero-order chi connectivity index (χ0) is 14.0. The molecular formula is C11H9BrF3N3O. The Morgan fingerprint density at radius 2 is 2.05 bits per heavy atom. The quantitative estimate of drug-likeness (QED) is 0.935. The Kier molecular flexibility index (Phi) is 3.91. The van der Waals surface area contributed by atoms with Crippen molar-refractivity contribution in [2.45, 2.75) is 12.7 Å². The minimum absolute atomic E-state index is 0.0447. The summed E-state index contributed by atoms with van der Waals surface area (Å²) in [5.74, 6) is 0.352. The van der Waals surface area contributed by atoms with Crippen molar-refractivity contribution in [2.24, 2.45) is 0 Å². The number of alkyl halides is 3. The zero-order valence-electron chi connectivity index (χ0n) is 9.75. The van der Waals surface area contributed by atoms with Crippen molar-refractivity contribution in [3.8, 4) is 11.5 Å². The van der Waals surface area contributed by atoms with Gasteiger partial charge in [-0.3, -0.25) is 0 Å². The molecule has 0 unspecified atom stereocenters. The molecule has 102 valence electrons. The summed E-state index contributed by atoms with van der Waals surface area (Å²) in [5, 5.41) is 10.3. The van der Waals surface area contributed by atoms with Crippen molar-refractivity contribution in [3.05, 3.63) is 34.1 Å². The number of aromatic nitrogens is 2. The second-order valence-electron chi connectivity index (χ2n) is 3.72. The molecule has 0 saturated carbocycles. The first-order chi connectivity index (χ1) is 8.91. The number of hydrogen-bond acceptors (Lipinski definition) is 4. The first-order valence-electron chi connectivity index (χ1n) is 5.26. The molecule has 0 spiro atoms. The second kappa shape index (κ2) is 5.30. The van der Waals surface area contributed by atoms with E-state index >= 15 is 0 Å². The van der Waals surface area contributed by atoms with Crippen LogP contribution >= 0.6 is 15.9 Å². The molecule has 4 nitrogen and oxygen atoms in total. The van der Waals surface area contributed by atoms with Gasteiger partial charge in [0, 0.05) is 4.47 Å². The predicted octanol–water partition coefficient (Wildman–Crippen LogP) is 3.24. The average Bonchev–Trinajstić information content (AvgIpc) is 2.77. The third-order valence-corrected chi connectivity index (χ3v) is 3.01. The van der Waals surface area contributed by atoms with Crippen LogP contribution in [0.3, 0.4) is 0 Å². The molecule has 1 aromatic heterocycles. The highest BCUT2D eigenvalue weighted by Gasteiger charge is 2.31. The lowest BCUT2D eigenvalue weighted by molar-refractivity contribution is -0.137. The Bertz CT molecular complexity index is 583. The molecule has 8 heteroatoms. The normalized spacial score (nSPS) is 11.8. The summed E-state index contributed by atoms with van der Waals surface area (Å²) in [5.41, 5.74) is -0.552. The summed E-state index contributed by atoms with van der Waals surface area (Å²) in [6.07, 6.45) is -4.41. The minimum atomic E-state index is -4.41. The maximum Gasteiger partial charge on any atom is 0.416 e. The smallest absolute Gasteiger partial charge is 0.416 e. The lowest BCUT2D eigenvalue weighted by Crippen LogP contribution is -2.05. The number of benzene rings is 1. The van der Waals surface area contributed by atoms with Gasteiger partial charge in [0.15, 0.2) is 0 Å². The molecule has 1 aromatic carbocycles. The zero-order valence-corrected chi connectivity index (χ0v) is 11.3. The van der Waals surface area contributed by atoms with Crippen LogP contribution in [0.4, 0.5) is 13.2 Å². The van der Waals surface area contributed by atoms with Crippen molar-refractivity contribution in [1.82, 2.24) is 15.5 Å². The number of halogens is 4. The Balaban J connectivity index is 2.42. The molecule has 0 radical (unpaired) electrons. The van der Waals surface area contributed by atoms with Gasteiger partial charge in [0.25, 0.3) is 0 Å². The van der Waals surface area contributed by atoms with Crippen LogP contribution in [0.5, 0.6) is 0 Å². The van der Waals surface area contributed by atoms with Crippen molar-refractivity contribution < 1.29 is 17.6 Å². The highest BCUT2D eigenvalue weighted by atomic mass is 79.9. The summed E-state index contributed by atoms with van der Waals surface area (Å²) in [4.78, 5) is 0. The van der Waals surface area contributed by atoms with E-state index in [1.807, 2.05) is 0 Å². The van der Waals surface area contributed by atoms with Gasteiger partial charge in [-0.15, -0.1) is 10.2 Å². The van der Waals surface area contributed by atoms with Crippen molar-refractivity contribution in [1.29, 1.82) is 0 Å². The maximum absolute atomic E-state index is 12.6. The molecule has 0 aliphatic carbocycles. The van der Waals surface area contributed by atoms with Crippen molar-refractivity contribution >= 4 is 15.9 Å². The molecule has 0 aliphatic rings.